The number of amides is 2. The second-order valence-electron chi connectivity index (χ2n) is 9.15. The van der Waals surface area contributed by atoms with E-state index in [2.05, 4.69) is 39.8 Å². The number of benzene rings is 1. The first-order chi connectivity index (χ1) is 13.0. The number of rotatable bonds is 7. The topological polar surface area (TPSA) is 70.7 Å². The number of ether oxygens (including phenoxy) is 1. The summed E-state index contributed by atoms with van der Waals surface area (Å²) in [6, 6.07) is 10.5. The Hall–Kier alpha value is -2.08. The molecule has 0 spiro atoms. The molecule has 6 heteroatoms. The molecule has 6 nitrogen and oxygen atoms in total. The fourth-order valence-electron chi connectivity index (χ4n) is 3.29. The van der Waals surface area contributed by atoms with Crippen LogP contribution in [0.1, 0.15) is 46.6 Å². The van der Waals surface area contributed by atoms with Gasteiger partial charge in [0.1, 0.15) is 11.1 Å². The summed E-state index contributed by atoms with van der Waals surface area (Å²) in [5, 5.41) is 5.64. The lowest BCUT2D eigenvalue weighted by Crippen LogP contribution is -2.56. The number of nitrogens with one attached hydrogen (secondary N) is 2. The van der Waals surface area contributed by atoms with E-state index in [-0.39, 0.29) is 5.91 Å². The molecule has 1 saturated heterocycles. The number of carbonyl (C=O) groups is 2. The molecule has 0 aliphatic carbocycles. The van der Waals surface area contributed by atoms with E-state index in [1.165, 1.54) is 5.56 Å². The Morgan fingerprint density at radius 3 is 2.46 bits per heavy atom. The molecule has 28 heavy (non-hydrogen) atoms. The van der Waals surface area contributed by atoms with Crippen molar-refractivity contribution in [1.82, 2.24) is 15.5 Å². The maximum atomic E-state index is 12.5. The quantitative estimate of drug-likeness (QED) is 0.752. The highest BCUT2D eigenvalue weighted by Gasteiger charge is 2.32. The molecule has 1 atom stereocenters. The Morgan fingerprint density at radius 1 is 1.14 bits per heavy atom. The third-order valence-electron chi connectivity index (χ3n) is 4.86. The predicted molar refractivity (Wildman–Crippen MR) is 111 cm³/mol. The number of carbonyl (C=O) groups excluding carboxylic acids is 2. The van der Waals surface area contributed by atoms with Gasteiger partial charge in [-0.2, -0.15) is 0 Å². The minimum atomic E-state index is -1.02. The van der Waals surface area contributed by atoms with Crippen molar-refractivity contribution in [3.8, 4) is 0 Å². The molecule has 1 aromatic rings. The van der Waals surface area contributed by atoms with Crippen LogP contribution in [0.25, 0.3) is 0 Å². The minimum absolute atomic E-state index is 0.193. The van der Waals surface area contributed by atoms with Crippen molar-refractivity contribution in [2.45, 2.75) is 58.6 Å². The molecule has 2 N–H and O–H groups in total. The van der Waals surface area contributed by atoms with Gasteiger partial charge >= 0.3 is 6.09 Å². The van der Waals surface area contributed by atoms with Gasteiger partial charge < -0.3 is 20.3 Å². The molecule has 1 aliphatic rings. The van der Waals surface area contributed by atoms with E-state index in [0.717, 1.165) is 32.5 Å². The van der Waals surface area contributed by atoms with E-state index in [9.17, 15) is 9.59 Å². The zero-order valence-electron chi connectivity index (χ0n) is 17.9. The molecule has 1 unspecified atom stereocenters. The first-order valence-corrected chi connectivity index (χ1v) is 10.1. The van der Waals surface area contributed by atoms with Crippen LogP contribution in [0.2, 0.25) is 0 Å². The van der Waals surface area contributed by atoms with Gasteiger partial charge in [-0.15, -0.1) is 0 Å². The zero-order chi connectivity index (χ0) is 20.8. The van der Waals surface area contributed by atoms with Gasteiger partial charge in [-0.1, -0.05) is 30.3 Å². The standard InChI is InChI=1S/C22H35N3O3/c1-21(2,3)28-20(27)24-22(4,5)19(26)23-15-18-12-14-25(16-18)13-11-17-9-7-6-8-10-17/h6-10,18H,11-16H2,1-5H3,(H,23,26)(H,24,27). The summed E-state index contributed by atoms with van der Waals surface area (Å²) in [5.41, 5.74) is -0.258. The van der Waals surface area contributed by atoms with Crippen molar-refractivity contribution in [3.05, 3.63) is 35.9 Å². The highest BCUT2D eigenvalue weighted by Crippen LogP contribution is 2.16. The van der Waals surface area contributed by atoms with Gasteiger partial charge in [0, 0.05) is 19.6 Å². The largest absolute Gasteiger partial charge is 0.444 e. The Balaban J connectivity index is 1.71. The Bertz CT molecular complexity index is 653. The van der Waals surface area contributed by atoms with E-state index in [1.54, 1.807) is 34.6 Å². The summed E-state index contributed by atoms with van der Waals surface area (Å²) in [4.78, 5) is 26.9. The summed E-state index contributed by atoms with van der Waals surface area (Å²) in [6.07, 6.45) is 1.54. The van der Waals surface area contributed by atoms with Crippen molar-refractivity contribution in [2.75, 3.05) is 26.2 Å². The molecule has 1 heterocycles. The van der Waals surface area contributed by atoms with Gasteiger partial charge in [-0.05, 0) is 65.5 Å². The minimum Gasteiger partial charge on any atom is -0.444 e. The number of likely N-dealkylation sites (tertiary alicyclic amines) is 1. The normalized spacial score (nSPS) is 18.0. The average molecular weight is 390 g/mol. The second-order valence-corrected chi connectivity index (χ2v) is 9.15. The Labute approximate surface area is 169 Å². The monoisotopic (exact) mass is 389 g/mol. The second kappa shape index (κ2) is 9.41. The molecule has 156 valence electrons. The van der Waals surface area contributed by atoms with E-state index >= 15 is 0 Å². The van der Waals surface area contributed by atoms with Crippen LogP contribution in [0.15, 0.2) is 30.3 Å². The smallest absolute Gasteiger partial charge is 0.408 e. The first-order valence-electron chi connectivity index (χ1n) is 10.1. The first kappa shape index (κ1) is 22.2. The van der Waals surface area contributed by atoms with Gasteiger partial charge in [0.15, 0.2) is 0 Å². The van der Waals surface area contributed by atoms with E-state index in [0.29, 0.717) is 12.5 Å². The number of hydrogen-bond acceptors (Lipinski definition) is 4. The van der Waals surface area contributed by atoms with Crippen LogP contribution in [-0.2, 0) is 16.0 Å². The van der Waals surface area contributed by atoms with Crippen LogP contribution < -0.4 is 10.6 Å². The van der Waals surface area contributed by atoms with Crippen LogP contribution >= 0.6 is 0 Å². The molecule has 0 aromatic heterocycles. The van der Waals surface area contributed by atoms with Gasteiger partial charge in [0.2, 0.25) is 5.91 Å². The van der Waals surface area contributed by atoms with Crippen molar-refractivity contribution < 1.29 is 14.3 Å². The number of alkyl carbamates (subject to hydrolysis) is 1. The maximum Gasteiger partial charge on any atom is 0.408 e. The molecule has 0 saturated carbocycles. The van der Waals surface area contributed by atoms with E-state index in [1.807, 2.05) is 6.07 Å². The van der Waals surface area contributed by atoms with Crippen LogP contribution in [0.3, 0.4) is 0 Å². The molecule has 0 radical (unpaired) electrons. The van der Waals surface area contributed by atoms with Crippen molar-refractivity contribution in [1.29, 1.82) is 0 Å². The van der Waals surface area contributed by atoms with Crippen LogP contribution in [-0.4, -0.2) is 54.2 Å². The van der Waals surface area contributed by atoms with E-state index in [4.69, 9.17) is 4.74 Å². The third kappa shape index (κ3) is 7.50. The Morgan fingerprint density at radius 2 is 1.82 bits per heavy atom. The fourth-order valence-corrected chi connectivity index (χ4v) is 3.29. The molecule has 0 bridgehead atoms. The molecule has 1 aromatic carbocycles. The summed E-state index contributed by atoms with van der Waals surface area (Å²) in [5.74, 6) is 0.248. The van der Waals surface area contributed by atoms with Crippen molar-refractivity contribution in [3.63, 3.8) is 0 Å². The van der Waals surface area contributed by atoms with Crippen molar-refractivity contribution >= 4 is 12.0 Å². The summed E-state index contributed by atoms with van der Waals surface area (Å²) >= 11 is 0. The van der Waals surface area contributed by atoms with Gasteiger partial charge in [-0.25, -0.2) is 4.79 Å². The summed E-state index contributed by atoms with van der Waals surface area (Å²) < 4.78 is 5.24. The molecular formula is C22H35N3O3. The predicted octanol–water partition coefficient (Wildman–Crippen LogP) is 2.97. The molecule has 1 fully saturated rings. The molecule has 2 rings (SSSR count). The van der Waals surface area contributed by atoms with Crippen LogP contribution in [0.4, 0.5) is 4.79 Å². The lowest BCUT2D eigenvalue weighted by Gasteiger charge is -2.28. The Kier molecular flexibility index (Phi) is 7.47. The lowest BCUT2D eigenvalue weighted by molar-refractivity contribution is -0.126. The van der Waals surface area contributed by atoms with Gasteiger partial charge in [0.05, 0.1) is 0 Å². The van der Waals surface area contributed by atoms with Crippen molar-refractivity contribution in [2.24, 2.45) is 5.92 Å². The SMILES string of the molecule is CC(C)(C)OC(=O)NC(C)(C)C(=O)NCC1CCN(CCc2ccccc2)C1. The molecule has 1 aliphatic heterocycles. The lowest BCUT2D eigenvalue weighted by atomic mass is 10.0. The number of nitrogens with zero attached hydrogens (tertiary/aromatic N) is 1. The molecule has 2 amide bonds. The van der Waals surface area contributed by atoms with Gasteiger partial charge in [-0.3, -0.25) is 4.79 Å². The highest BCUT2D eigenvalue weighted by molar-refractivity contribution is 5.89. The third-order valence-corrected chi connectivity index (χ3v) is 4.86. The summed E-state index contributed by atoms with van der Waals surface area (Å²) in [7, 11) is 0. The van der Waals surface area contributed by atoms with E-state index < -0.39 is 17.2 Å². The summed E-state index contributed by atoms with van der Waals surface area (Å²) in [6.45, 7) is 12.5. The van der Waals surface area contributed by atoms with Gasteiger partial charge in [0.25, 0.3) is 0 Å². The van der Waals surface area contributed by atoms with Crippen LogP contribution in [0, 0.1) is 5.92 Å². The highest BCUT2D eigenvalue weighted by atomic mass is 16.6. The molecular weight excluding hydrogens is 354 g/mol. The zero-order valence-corrected chi connectivity index (χ0v) is 17.9. The fraction of sp³-hybridized carbons (Fsp3) is 0.636. The average Bonchev–Trinajstić information content (AvgIpc) is 3.04. The van der Waals surface area contributed by atoms with Crippen LogP contribution in [0.5, 0.6) is 0 Å². The number of hydrogen-bond donors (Lipinski definition) is 2. The maximum absolute atomic E-state index is 12.5.